The van der Waals surface area contributed by atoms with E-state index in [4.69, 9.17) is 8.83 Å². The normalized spacial score (nSPS) is 11.4. The van der Waals surface area contributed by atoms with Crippen LogP contribution in [-0.4, -0.2) is 23.8 Å². The van der Waals surface area contributed by atoms with Crippen LogP contribution in [0.15, 0.2) is 69.9 Å². The van der Waals surface area contributed by atoms with E-state index in [-0.39, 0.29) is 23.3 Å². The molecule has 0 spiro atoms. The molecule has 1 unspecified atom stereocenters. The lowest BCUT2D eigenvalue weighted by Crippen LogP contribution is -2.41. The van der Waals surface area contributed by atoms with E-state index in [1.165, 1.54) is 18.6 Å². The highest BCUT2D eigenvalue weighted by Gasteiger charge is 2.18. The molecule has 0 aliphatic carbocycles. The Kier molecular flexibility index (Phi) is 5.36. The number of nitrogens with one attached hydrogen (secondary N) is 3. The lowest BCUT2D eigenvalue weighted by Gasteiger charge is -2.13. The lowest BCUT2D eigenvalue weighted by atomic mass is 10.2. The lowest BCUT2D eigenvalue weighted by molar-refractivity contribution is -0.117. The van der Waals surface area contributed by atoms with E-state index in [0.29, 0.717) is 11.4 Å². The summed E-state index contributed by atoms with van der Waals surface area (Å²) >= 11 is 0. The van der Waals surface area contributed by atoms with Crippen LogP contribution in [0.1, 0.15) is 28.0 Å². The molecule has 3 N–H and O–H groups in total. The van der Waals surface area contributed by atoms with Crippen LogP contribution in [0.4, 0.5) is 11.4 Å². The van der Waals surface area contributed by atoms with Gasteiger partial charge < -0.3 is 24.8 Å². The molecule has 3 rings (SSSR count). The Morgan fingerprint density at radius 3 is 1.81 bits per heavy atom. The van der Waals surface area contributed by atoms with Crippen molar-refractivity contribution in [3.63, 3.8) is 0 Å². The molecule has 8 nitrogen and oxygen atoms in total. The molecule has 0 aliphatic rings. The van der Waals surface area contributed by atoms with Gasteiger partial charge in [-0.3, -0.25) is 14.4 Å². The van der Waals surface area contributed by atoms with Crippen LogP contribution in [0.3, 0.4) is 0 Å². The van der Waals surface area contributed by atoms with Crippen LogP contribution in [0.2, 0.25) is 0 Å². The van der Waals surface area contributed by atoms with Crippen molar-refractivity contribution >= 4 is 29.1 Å². The molecule has 0 bridgehead atoms. The largest absolute Gasteiger partial charge is 0.459 e. The number of carbonyl (C=O) groups is 3. The summed E-state index contributed by atoms with van der Waals surface area (Å²) in [6, 6.07) is 12.1. The van der Waals surface area contributed by atoms with E-state index in [1.807, 2.05) is 0 Å². The molecule has 27 heavy (non-hydrogen) atoms. The summed E-state index contributed by atoms with van der Waals surface area (Å²) in [4.78, 5) is 36.0. The van der Waals surface area contributed by atoms with E-state index in [0.717, 1.165) is 0 Å². The van der Waals surface area contributed by atoms with Gasteiger partial charge in [0.1, 0.15) is 6.04 Å². The maximum Gasteiger partial charge on any atom is 0.291 e. The first-order chi connectivity index (χ1) is 13.0. The second-order valence-corrected chi connectivity index (χ2v) is 5.67. The van der Waals surface area contributed by atoms with Gasteiger partial charge in [-0.05, 0) is 55.5 Å². The van der Waals surface area contributed by atoms with E-state index in [2.05, 4.69) is 16.0 Å². The van der Waals surface area contributed by atoms with E-state index in [1.54, 1.807) is 49.4 Å². The minimum atomic E-state index is -0.763. The summed E-state index contributed by atoms with van der Waals surface area (Å²) < 4.78 is 10.00. The standard InChI is InChI=1S/C19H17N3O5/c1-12(20-18(24)15-4-2-10-26-15)17(23)21-13-6-8-14(9-7-13)22-19(25)16-5-3-11-27-16/h2-12H,1H3,(H,20,24)(H,21,23)(H,22,25). The van der Waals surface area contributed by atoms with Gasteiger partial charge in [-0.15, -0.1) is 0 Å². The Bertz CT molecular complexity index is 915. The van der Waals surface area contributed by atoms with E-state index in [9.17, 15) is 14.4 Å². The van der Waals surface area contributed by atoms with Crippen LogP contribution >= 0.6 is 0 Å². The SMILES string of the molecule is CC(NC(=O)c1ccco1)C(=O)Nc1ccc(NC(=O)c2ccco2)cc1. The summed E-state index contributed by atoms with van der Waals surface area (Å²) in [5, 5.41) is 7.90. The predicted molar refractivity (Wildman–Crippen MR) is 97.4 cm³/mol. The molecule has 0 fully saturated rings. The number of carbonyl (C=O) groups excluding carboxylic acids is 3. The van der Waals surface area contributed by atoms with Crippen LogP contribution < -0.4 is 16.0 Å². The first kappa shape index (κ1) is 18.0. The van der Waals surface area contributed by atoms with E-state index >= 15 is 0 Å². The number of anilines is 2. The molecule has 3 aromatic rings. The Balaban J connectivity index is 1.53. The molecular formula is C19H17N3O5. The average molecular weight is 367 g/mol. The van der Waals surface area contributed by atoms with Crippen molar-refractivity contribution in [3.8, 4) is 0 Å². The first-order valence-electron chi connectivity index (χ1n) is 8.13. The predicted octanol–water partition coefficient (Wildman–Crippen LogP) is 2.88. The third-order valence-corrected chi connectivity index (χ3v) is 3.64. The summed E-state index contributed by atoms with van der Waals surface area (Å²) in [5.41, 5.74) is 1.07. The fraction of sp³-hybridized carbons (Fsp3) is 0.105. The third kappa shape index (κ3) is 4.63. The van der Waals surface area contributed by atoms with Crippen LogP contribution in [-0.2, 0) is 4.79 Å². The fourth-order valence-corrected chi connectivity index (χ4v) is 2.23. The molecule has 138 valence electrons. The highest BCUT2D eigenvalue weighted by molar-refractivity contribution is 6.02. The second kappa shape index (κ2) is 8.05. The zero-order valence-electron chi connectivity index (χ0n) is 14.4. The first-order valence-corrected chi connectivity index (χ1v) is 8.13. The van der Waals surface area contributed by atoms with Gasteiger partial charge in [-0.2, -0.15) is 0 Å². The number of furan rings is 2. The van der Waals surface area contributed by atoms with E-state index < -0.39 is 11.9 Å². The molecule has 2 aromatic heterocycles. The number of benzene rings is 1. The maximum atomic E-state index is 12.2. The quantitative estimate of drug-likeness (QED) is 0.620. The summed E-state index contributed by atoms with van der Waals surface area (Å²) in [5.74, 6) is -0.897. The van der Waals surface area contributed by atoms with Crippen LogP contribution in [0.25, 0.3) is 0 Å². The van der Waals surface area contributed by atoms with Gasteiger partial charge in [0, 0.05) is 11.4 Å². The fourth-order valence-electron chi connectivity index (χ4n) is 2.23. The number of amides is 3. The van der Waals surface area contributed by atoms with Crippen molar-refractivity contribution in [2.24, 2.45) is 0 Å². The van der Waals surface area contributed by atoms with Crippen molar-refractivity contribution in [1.82, 2.24) is 5.32 Å². The summed E-state index contributed by atoms with van der Waals surface area (Å²) in [7, 11) is 0. The van der Waals surface area contributed by atoms with Gasteiger partial charge in [0.2, 0.25) is 5.91 Å². The van der Waals surface area contributed by atoms with Gasteiger partial charge in [-0.25, -0.2) is 0 Å². The minimum Gasteiger partial charge on any atom is -0.459 e. The van der Waals surface area contributed by atoms with Gasteiger partial charge in [0.05, 0.1) is 12.5 Å². The maximum absolute atomic E-state index is 12.2. The van der Waals surface area contributed by atoms with Gasteiger partial charge in [0.25, 0.3) is 11.8 Å². The topological polar surface area (TPSA) is 114 Å². The van der Waals surface area contributed by atoms with Crippen LogP contribution in [0, 0.1) is 0 Å². The molecule has 0 radical (unpaired) electrons. The summed E-state index contributed by atoms with van der Waals surface area (Å²) in [6.45, 7) is 1.56. The Labute approximate surface area is 154 Å². The van der Waals surface area contributed by atoms with Gasteiger partial charge in [-0.1, -0.05) is 0 Å². The van der Waals surface area contributed by atoms with Gasteiger partial charge >= 0.3 is 0 Å². The molecule has 1 atom stereocenters. The number of hydrogen-bond acceptors (Lipinski definition) is 5. The number of hydrogen-bond donors (Lipinski definition) is 3. The Morgan fingerprint density at radius 1 is 0.778 bits per heavy atom. The molecule has 2 heterocycles. The van der Waals surface area contributed by atoms with Crippen LogP contribution in [0.5, 0.6) is 0 Å². The Morgan fingerprint density at radius 2 is 1.30 bits per heavy atom. The zero-order chi connectivity index (χ0) is 19.2. The third-order valence-electron chi connectivity index (χ3n) is 3.64. The molecule has 0 saturated heterocycles. The molecule has 1 aromatic carbocycles. The monoisotopic (exact) mass is 367 g/mol. The van der Waals surface area contributed by atoms with Gasteiger partial charge in [0.15, 0.2) is 11.5 Å². The van der Waals surface area contributed by atoms with Crippen molar-refractivity contribution in [3.05, 3.63) is 72.6 Å². The van der Waals surface area contributed by atoms with Crippen molar-refractivity contribution in [2.75, 3.05) is 10.6 Å². The number of rotatable bonds is 6. The van der Waals surface area contributed by atoms with Crippen molar-refractivity contribution < 1.29 is 23.2 Å². The molecular weight excluding hydrogens is 350 g/mol. The average Bonchev–Trinajstić information content (AvgIpc) is 3.37. The summed E-state index contributed by atoms with van der Waals surface area (Å²) in [6.07, 6.45) is 2.80. The Hall–Kier alpha value is -3.81. The molecule has 0 aliphatic heterocycles. The molecule has 3 amide bonds. The minimum absolute atomic E-state index is 0.131. The highest BCUT2D eigenvalue weighted by atomic mass is 16.3. The smallest absolute Gasteiger partial charge is 0.291 e. The second-order valence-electron chi connectivity index (χ2n) is 5.67. The molecule has 8 heteroatoms. The van der Waals surface area contributed by atoms with Crippen molar-refractivity contribution in [1.29, 1.82) is 0 Å². The zero-order valence-corrected chi connectivity index (χ0v) is 14.4. The highest BCUT2D eigenvalue weighted by Crippen LogP contribution is 2.15. The van der Waals surface area contributed by atoms with Crippen molar-refractivity contribution in [2.45, 2.75) is 13.0 Å². The molecule has 0 saturated carbocycles.